The molecule has 0 heterocycles. The lowest BCUT2D eigenvalue weighted by Gasteiger charge is -2.00. The van der Waals surface area contributed by atoms with Crippen molar-refractivity contribution in [1.29, 1.82) is 0 Å². The summed E-state index contributed by atoms with van der Waals surface area (Å²) in [4.78, 5) is 10.6. The maximum atomic E-state index is 10.6. The van der Waals surface area contributed by atoms with E-state index in [9.17, 15) is 4.79 Å². The summed E-state index contributed by atoms with van der Waals surface area (Å²) in [5.74, 6) is -0.184. The molecule has 0 aliphatic rings. The molecule has 0 amide bonds. The van der Waals surface area contributed by atoms with Crippen molar-refractivity contribution in [3.63, 3.8) is 0 Å². The summed E-state index contributed by atoms with van der Waals surface area (Å²) in [7, 11) is 0. The molecule has 0 aliphatic carbocycles. The summed E-state index contributed by atoms with van der Waals surface area (Å²) >= 11 is 0. The Bertz CT molecular complexity index is 121. The Hall–Kier alpha value is -0.830. The van der Waals surface area contributed by atoms with Crippen molar-refractivity contribution in [2.75, 3.05) is 19.8 Å². The van der Waals surface area contributed by atoms with Crippen molar-refractivity contribution in [2.45, 2.75) is 27.2 Å². The molecule has 0 N–H and O–H groups in total. The van der Waals surface area contributed by atoms with Gasteiger partial charge in [-0.15, -0.1) is 6.58 Å². The zero-order chi connectivity index (χ0) is 10.5. The molecule has 3 nitrogen and oxygen atoms in total. The van der Waals surface area contributed by atoms with Gasteiger partial charge in [0.05, 0.1) is 19.6 Å². The van der Waals surface area contributed by atoms with Crippen LogP contribution in [0.15, 0.2) is 12.7 Å². The third kappa shape index (κ3) is 18.3. The molecule has 0 aromatic heterocycles. The topological polar surface area (TPSA) is 35.5 Å². The van der Waals surface area contributed by atoms with E-state index in [1.807, 2.05) is 13.8 Å². The minimum atomic E-state index is -0.184. The quantitative estimate of drug-likeness (QED) is 0.377. The Kier molecular flexibility index (Phi) is 15.5. The molecule has 0 aromatic rings. The summed E-state index contributed by atoms with van der Waals surface area (Å²) in [6.07, 6.45) is 2.11. The number of esters is 1. The van der Waals surface area contributed by atoms with Gasteiger partial charge in [-0.3, -0.25) is 4.79 Å². The van der Waals surface area contributed by atoms with Gasteiger partial charge < -0.3 is 9.47 Å². The van der Waals surface area contributed by atoms with Crippen LogP contribution in [0, 0.1) is 0 Å². The van der Waals surface area contributed by atoms with Crippen LogP contribution in [0.1, 0.15) is 27.2 Å². The Labute approximate surface area is 80.7 Å². The van der Waals surface area contributed by atoms with E-state index in [2.05, 4.69) is 11.3 Å². The van der Waals surface area contributed by atoms with Gasteiger partial charge in [0, 0.05) is 6.61 Å². The van der Waals surface area contributed by atoms with E-state index in [0.29, 0.717) is 26.2 Å². The summed E-state index contributed by atoms with van der Waals surface area (Å²) in [5.41, 5.74) is 0. The molecule has 78 valence electrons. The summed E-state index contributed by atoms with van der Waals surface area (Å²) in [6, 6.07) is 0. The maximum absolute atomic E-state index is 10.6. The summed E-state index contributed by atoms with van der Waals surface area (Å²) < 4.78 is 9.62. The maximum Gasteiger partial charge on any atom is 0.308 e. The van der Waals surface area contributed by atoms with Crippen LogP contribution in [0.2, 0.25) is 0 Å². The molecule has 0 aliphatic heterocycles. The molecule has 0 spiro atoms. The summed E-state index contributed by atoms with van der Waals surface area (Å²) in [5, 5.41) is 0. The highest BCUT2D eigenvalue weighted by Gasteiger charge is 1.98. The zero-order valence-electron chi connectivity index (χ0n) is 8.84. The van der Waals surface area contributed by atoms with Crippen molar-refractivity contribution < 1.29 is 14.3 Å². The Morgan fingerprint density at radius 1 is 1.38 bits per heavy atom. The molecule has 0 saturated heterocycles. The second-order valence-electron chi connectivity index (χ2n) is 2.16. The fourth-order valence-electron chi connectivity index (χ4n) is 0.533. The van der Waals surface area contributed by atoms with Gasteiger partial charge in [-0.05, 0) is 20.8 Å². The van der Waals surface area contributed by atoms with Gasteiger partial charge in [0.15, 0.2) is 0 Å². The highest BCUT2D eigenvalue weighted by molar-refractivity contribution is 5.69. The second kappa shape index (κ2) is 13.7. The lowest BCUT2D eigenvalue weighted by atomic mass is 10.5. The molecule has 3 heteroatoms. The molecular formula is C10H20O3. The van der Waals surface area contributed by atoms with Gasteiger partial charge in [-0.2, -0.15) is 0 Å². The van der Waals surface area contributed by atoms with Crippen molar-refractivity contribution in [1.82, 2.24) is 0 Å². The fourth-order valence-corrected chi connectivity index (χ4v) is 0.533. The smallest absolute Gasteiger partial charge is 0.308 e. The molecule has 0 bridgehead atoms. The van der Waals surface area contributed by atoms with Crippen LogP contribution >= 0.6 is 0 Å². The second-order valence-corrected chi connectivity index (χ2v) is 2.16. The van der Waals surface area contributed by atoms with Gasteiger partial charge in [0.1, 0.15) is 0 Å². The Balaban J connectivity index is 0. The molecule has 0 fully saturated rings. The summed E-state index contributed by atoms with van der Waals surface area (Å²) in [6.45, 7) is 10.5. The normalized spacial score (nSPS) is 8.23. The average molecular weight is 188 g/mol. The number of ether oxygens (including phenoxy) is 2. The van der Waals surface area contributed by atoms with Crippen molar-refractivity contribution in [3.8, 4) is 0 Å². The molecule has 0 saturated carbocycles. The number of hydrogen-bond acceptors (Lipinski definition) is 3. The third-order valence-electron chi connectivity index (χ3n) is 0.960. The van der Waals surface area contributed by atoms with Crippen molar-refractivity contribution in [2.24, 2.45) is 0 Å². The van der Waals surface area contributed by atoms with E-state index in [0.717, 1.165) is 0 Å². The van der Waals surface area contributed by atoms with Crippen LogP contribution in [-0.2, 0) is 14.3 Å². The van der Waals surface area contributed by atoms with E-state index in [1.54, 1.807) is 13.0 Å². The first-order valence-electron chi connectivity index (χ1n) is 4.53. The first-order chi connectivity index (χ1) is 6.22. The standard InChI is InChI=1S/C7H14O3.C3H6/c1-3-9-6-5-7(8)10-4-2;1-3-2/h3-6H2,1-2H3;3H,1H2,2H3. The Morgan fingerprint density at radius 2 is 1.92 bits per heavy atom. The van der Waals surface area contributed by atoms with Gasteiger partial charge in [0.2, 0.25) is 0 Å². The van der Waals surface area contributed by atoms with Crippen LogP contribution < -0.4 is 0 Å². The molecule has 0 unspecified atom stereocenters. The zero-order valence-corrected chi connectivity index (χ0v) is 8.84. The van der Waals surface area contributed by atoms with Crippen LogP contribution in [0.4, 0.5) is 0 Å². The molecule has 0 aromatic carbocycles. The van der Waals surface area contributed by atoms with Gasteiger partial charge in [0.25, 0.3) is 0 Å². The van der Waals surface area contributed by atoms with Crippen LogP contribution in [0.25, 0.3) is 0 Å². The third-order valence-corrected chi connectivity index (χ3v) is 0.960. The predicted octanol–water partition coefficient (Wildman–Crippen LogP) is 2.17. The van der Waals surface area contributed by atoms with E-state index in [4.69, 9.17) is 4.74 Å². The largest absolute Gasteiger partial charge is 0.466 e. The lowest BCUT2D eigenvalue weighted by molar-refractivity contribution is -0.144. The van der Waals surface area contributed by atoms with Crippen LogP contribution in [-0.4, -0.2) is 25.8 Å². The van der Waals surface area contributed by atoms with Gasteiger partial charge in [-0.1, -0.05) is 6.08 Å². The fraction of sp³-hybridized carbons (Fsp3) is 0.700. The first kappa shape index (κ1) is 14.7. The number of rotatable bonds is 5. The van der Waals surface area contributed by atoms with Crippen molar-refractivity contribution in [3.05, 3.63) is 12.7 Å². The highest BCUT2D eigenvalue weighted by Crippen LogP contribution is 1.86. The molecule has 0 rings (SSSR count). The number of allylic oxidation sites excluding steroid dienone is 1. The van der Waals surface area contributed by atoms with Gasteiger partial charge in [-0.25, -0.2) is 0 Å². The predicted molar refractivity (Wildman–Crippen MR) is 53.6 cm³/mol. The minimum Gasteiger partial charge on any atom is -0.466 e. The highest BCUT2D eigenvalue weighted by atomic mass is 16.5. The molecule has 13 heavy (non-hydrogen) atoms. The number of carbonyl (C=O) groups excluding carboxylic acids is 1. The van der Waals surface area contributed by atoms with E-state index in [1.165, 1.54) is 0 Å². The van der Waals surface area contributed by atoms with E-state index in [-0.39, 0.29) is 5.97 Å². The number of hydrogen-bond donors (Lipinski definition) is 0. The monoisotopic (exact) mass is 188 g/mol. The molecule has 0 atom stereocenters. The molecular weight excluding hydrogens is 168 g/mol. The van der Waals surface area contributed by atoms with Crippen molar-refractivity contribution >= 4 is 5.97 Å². The number of carbonyl (C=O) groups is 1. The first-order valence-corrected chi connectivity index (χ1v) is 4.53. The molecule has 0 radical (unpaired) electrons. The van der Waals surface area contributed by atoms with Crippen LogP contribution in [0.3, 0.4) is 0 Å². The van der Waals surface area contributed by atoms with E-state index >= 15 is 0 Å². The van der Waals surface area contributed by atoms with Gasteiger partial charge >= 0.3 is 5.97 Å². The minimum absolute atomic E-state index is 0.184. The Morgan fingerprint density at radius 3 is 2.31 bits per heavy atom. The van der Waals surface area contributed by atoms with E-state index < -0.39 is 0 Å². The lowest BCUT2D eigenvalue weighted by Crippen LogP contribution is -2.07. The SMILES string of the molecule is C=CC.CCOCCC(=O)OCC. The average Bonchev–Trinajstić information content (AvgIpc) is 2.07. The van der Waals surface area contributed by atoms with Crippen LogP contribution in [0.5, 0.6) is 0 Å².